The average molecular weight is 542 g/mol. The van der Waals surface area contributed by atoms with Gasteiger partial charge in [-0.05, 0) is 32.0 Å². The minimum absolute atomic E-state index is 0.0510. The van der Waals surface area contributed by atoms with Gasteiger partial charge in [0.25, 0.3) is 10.2 Å². The molecule has 0 fully saturated rings. The molecule has 0 saturated carbocycles. The molecule has 0 bridgehead atoms. The maximum atomic E-state index is 12.8. The van der Waals surface area contributed by atoms with E-state index in [0.717, 1.165) is 10.9 Å². The molecule has 210 valence electrons. The van der Waals surface area contributed by atoms with E-state index in [0.29, 0.717) is 5.75 Å². The normalized spacial score (nSPS) is 11.7. The molecule has 16 nitrogen and oxygen atoms in total. The Balaban J connectivity index is 2.01. The maximum Gasteiger partial charge on any atom is 0.332 e. The van der Waals surface area contributed by atoms with Crippen LogP contribution in [0.4, 0.5) is 0 Å². The minimum Gasteiger partial charge on any atom is -0.489 e. The van der Waals surface area contributed by atoms with Gasteiger partial charge in [-0.3, -0.25) is 4.79 Å². The summed E-state index contributed by atoms with van der Waals surface area (Å²) >= 11 is 0. The Morgan fingerprint density at radius 2 is 1.63 bits per heavy atom. The zero-order valence-electron chi connectivity index (χ0n) is 20.9. The van der Waals surface area contributed by atoms with E-state index in [2.05, 4.69) is 14.7 Å². The molecule has 0 spiro atoms. The fourth-order valence-electron chi connectivity index (χ4n) is 3.27. The van der Waals surface area contributed by atoms with Crippen molar-refractivity contribution in [3.8, 4) is 5.75 Å². The molecule has 0 aliphatic carbocycles. The molecule has 1 amide bonds. The summed E-state index contributed by atoms with van der Waals surface area (Å²) in [6, 6.07) is 6.93. The quantitative estimate of drug-likeness (QED) is 0.115. The van der Waals surface area contributed by atoms with Crippen molar-refractivity contribution >= 4 is 22.8 Å². The lowest BCUT2D eigenvalue weighted by molar-refractivity contribution is -0.758. The summed E-state index contributed by atoms with van der Waals surface area (Å²) in [5.41, 5.74) is 0.846. The molecule has 2 aromatic rings. The summed E-state index contributed by atoms with van der Waals surface area (Å²) < 4.78 is 21.6. The maximum absolute atomic E-state index is 12.8. The third-order valence-corrected chi connectivity index (χ3v) is 4.92. The van der Waals surface area contributed by atoms with E-state index in [9.17, 15) is 29.8 Å². The number of esters is 1. The molecule has 16 heteroatoms. The number of H-pyrrole nitrogens is 1. The highest BCUT2D eigenvalue weighted by molar-refractivity contribution is 5.85. The molecule has 0 saturated heterocycles. The number of aromatic amines is 1. The van der Waals surface area contributed by atoms with Crippen LogP contribution in [-0.4, -0.2) is 96.9 Å². The fourth-order valence-corrected chi connectivity index (χ4v) is 3.27. The van der Waals surface area contributed by atoms with Gasteiger partial charge >= 0.3 is 5.97 Å². The molecule has 1 atom stereocenters. The second kappa shape index (κ2) is 15.8. The first kappa shape index (κ1) is 30.0. The lowest BCUT2D eigenvalue weighted by Gasteiger charge is -2.30. The van der Waals surface area contributed by atoms with E-state index in [1.165, 1.54) is 4.90 Å². The highest BCUT2D eigenvalue weighted by Crippen LogP contribution is 2.24. The molecule has 1 heterocycles. The SMILES string of the molecule is CC(C)N(CC(COc1cccc2[nH]ccc12)OC(=O)COCCO[N+](=O)[O-])C(=O)COCCO[N+](=O)[O-]. The van der Waals surface area contributed by atoms with E-state index in [-0.39, 0.29) is 52.2 Å². The second-order valence-electron chi connectivity index (χ2n) is 7.98. The minimum atomic E-state index is -0.976. The lowest BCUT2D eigenvalue weighted by Crippen LogP contribution is -2.47. The molecule has 38 heavy (non-hydrogen) atoms. The summed E-state index contributed by atoms with van der Waals surface area (Å²) in [5.74, 6) is -0.679. The predicted octanol–water partition coefficient (Wildman–Crippen LogP) is 1.15. The monoisotopic (exact) mass is 542 g/mol. The van der Waals surface area contributed by atoms with Gasteiger partial charge in [0, 0.05) is 23.1 Å². The summed E-state index contributed by atoms with van der Waals surface area (Å²) in [4.78, 5) is 58.3. The Morgan fingerprint density at radius 1 is 0.974 bits per heavy atom. The van der Waals surface area contributed by atoms with Crippen LogP contribution in [0.3, 0.4) is 0 Å². The number of fused-ring (bicyclic) bond motifs is 1. The van der Waals surface area contributed by atoms with E-state index in [1.807, 2.05) is 12.1 Å². The highest BCUT2D eigenvalue weighted by Gasteiger charge is 2.25. The molecular weight excluding hydrogens is 512 g/mol. The molecule has 0 aliphatic rings. The van der Waals surface area contributed by atoms with Gasteiger partial charge in [-0.2, -0.15) is 0 Å². The third kappa shape index (κ3) is 10.8. The Bertz CT molecular complexity index is 1060. The highest BCUT2D eigenvalue weighted by atomic mass is 17.0. The number of rotatable bonds is 19. The molecular formula is C22H30N4O12. The number of benzene rings is 1. The summed E-state index contributed by atoms with van der Waals surface area (Å²) in [6.45, 7) is 1.43. The van der Waals surface area contributed by atoms with Crippen molar-refractivity contribution in [3.63, 3.8) is 0 Å². The average Bonchev–Trinajstić information content (AvgIpc) is 3.34. The van der Waals surface area contributed by atoms with Gasteiger partial charge in [0.05, 0.1) is 19.8 Å². The van der Waals surface area contributed by atoms with Crippen molar-refractivity contribution < 1.29 is 48.4 Å². The van der Waals surface area contributed by atoms with Gasteiger partial charge in [0.1, 0.15) is 38.8 Å². The number of hydrogen-bond donors (Lipinski definition) is 1. The summed E-state index contributed by atoms with van der Waals surface area (Å²) in [7, 11) is 0. The Kier molecular flexibility index (Phi) is 12.5. The van der Waals surface area contributed by atoms with Gasteiger partial charge in [-0.1, -0.05) is 6.07 Å². The van der Waals surface area contributed by atoms with Crippen LogP contribution in [0.25, 0.3) is 10.9 Å². The molecule has 0 radical (unpaired) electrons. The van der Waals surface area contributed by atoms with Crippen LogP contribution in [0.5, 0.6) is 5.75 Å². The van der Waals surface area contributed by atoms with Crippen LogP contribution in [0, 0.1) is 20.2 Å². The molecule has 1 unspecified atom stereocenters. The fraction of sp³-hybridized carbons (Fsp3) is 0.545. The number of carbonyl (C=O) groups excluding carboxylic acids is 2. The van der Waals surface area contributed by atoms with Crippen LogP contribution in [0.2, 0.25) is 0 Å². The third-order valence-electron chi connectivity index (χ3n) is 4.92. The first-order valence-electron chi connectivity index (χ1n) is 11.5. The van der Waals surface area contributed by atoms with Crippen molar-refractivity contribution in [2.24, 2.45) is 0 Å². The van der Waals surface area contributed by atoms with Gasteiger partial charge in [0.15, 0.2) is 6.10 Å². The predicted molar refractivity (Wildman–Crippen MR) is 128 cm³/mol. The second-order valence-corrected chi connectivity index (χ2v) is 7.98. The van der Waals surface area contributed by atoms with Crippen LogP contribution in [0.1, 0.15) is 13.8 Å². The van der Waals surface area contributed by atoms with Crippen molar-refractivity contribution in [3.05, 3.63) is 50.7 Å². The number of carbonyl (C=O) groups is 2. The Hall–Kier alpha value is -4.18. The molecule has 2 rings (SSSR count). The molecule has 1 N–H and O–H groups in total. The van der Waals surface area contributed by atoms with Crippen LogP contribution in [0.15, 0.2) is 30.5 Å². The number of nitrogens with zero attached hydrogens (tertiary/aromatic N) is 3. The molecule has 0 aliphatic heterocycles. The van der Waals surface area contributed by atoms with Crippen molar-refractivity contribution in [2.45, 2.75) is 26.0 Å². The van der Waals surface area contributed by atoms with E-state index in [1.54, 1.807) is 32.2 Å². The van der Waals surface area contributed by atoms with Crippen LogP contribution < -0.4 is 4.74 Å². The van der Waals surface area contributed by atoms with E-state index >= 15 is 0 Å². The van der Waals surface area contributed by atoms with Gasteiger partial charge in [0.2, 0.25) is 5.91 Å². The number of nitrogens with one attached hydrogen (secondary N) is 1. The summed E-state index contributed by atoms with van der Waals surface area (Å²) in [5, 5.41) is 19.3. The number of aromatic nitrogens is 1. The van der Waals surface area contributed by atoms with Crippen molar-refractivity contribution in [1.82, 2.24) is 9.88 Å². The largest absolute Gasteiger partial charge is 0.489 e. The Labute approximate surface area is 216 Å². The smallest absolute Gasteiger partial charge is 0.332 e. The topological polar surface area (TPSA) is 195 Å². The summed E-state index contributed by atoms with van der Waals surface area (Å²) in [6.07, 6.45) is 0.838. The first-order chi connectivity index (χ1) is 18.2. The van der Waals surface area contributed by atoms with Crippen LogP contribution >= 0.6 is 0 Å². The Morgan fingerprint density at radius 3 is 2.26 bits per heavy atom. The van der Waals surface area contributed by atoms with Gasteiger partial charge < -0.3 is 38.5 Å². The van der Waals surface area contributed by atoms with Crippen molar-refractivity contribution in [1.29, 1.82) is 0 Å². The van der Waals surface area contributed by atoms with Crippen molar-refractivity contribution in [2.75, 3.05) is 52.8 Å². The van der Waals surface area contributed by atoms with E-state index < -0.39 is 34.8 Å². The molecule has 1 aromatic carbocycles. The first-order valence-corrected chi connectivity index (χ1v) is 11.5. The zero-order chi connectivity index (χ0) is 27.9. The number of ether oxygens (including phenoxy) is 4. The lowest BCUT2D eigenvalue weighted by atomic mass is 10.2. The number of amides is 1. The molecule has 1 aromatic heterocycles. The van der Waals surface area contributed by atoms with Gasteiger partial charge in [-0.15, -0.1) is 20.2 Å². The van der Waals surface area contributed by atoms with Crippen LogP contribution in [-0.2, 0) is 33.5 Å². The van der Waals surface area contributed by atoms with Gasteiger partial charge in [-0.25, -0.2) is 4.79 Å². The standard InChI is InChI=1S/C22H30N4O12/c1-16(2)24(21(27)14-33-8-10-36-25(29)30)12-17(38-22(28)15-34-9-11-37-26(31)32)13-35-20-5-3-4-19-18(20)6-7-23-19/h3-7,16-17,23H,8-15H2,1-2H3. The van der Waals surface area contributed by atoms with E-state index in [4.69, 9.17) is 18.9 Å². The zero-order valence-corrected chi connectivity index (χ0v) is 20.9. The number of hydrogen-bond acceptors (Lipinski definition) is 12.